The summed E-state index contributed by atoms with van der Waals surface area (Å²) in [6.07, 6.45) is 2.85. The van der Waals surface area contributed by atoms with Crippen molar-refractivity contribution in [1.82, 2.24) is 14.1 Å². The number of halogens is 2. The highest BCUT2D eigenvalue weighted by Crippen LogP contribution is 2.36. The average Bonchev–Trinajstić information content (AvgIpc) is 3.24. The van der Waals surface area contributed by atoms with Crippen molar-refractivity contribution in [1.29, 1.82) is 0 Å². The minimum absolute atomic E-state index is 0.0632. The molecule has 0 saturated carbocycles. The van der Waals surface area contributed by atoms with Gasteiger partial charge in [0.15, 0.2) is 0 Å². The zero-order chi connectivity index (χ0) is 21.5. The van der Waals surface area contributed by atoms with E-state index in [1.54, 1.807) is 4.31 Å². The molecule has 0 aliphatic carbocycles. The SMILES string of the molecule is Cc1ccc(C2CCCN2S(=O)(=O)c2ccc(-n3ncc(Cl)c(Cl)c3=O)cc2)cc1. The summed E-state index contributed by atoms with van der Waals surface area (Å²) in [7, 11) is -3.69. The molecule has 1 fully saturated rings. The fourth-order valence-electron chi connectivity index (χ4n) is 3.64. The summed E-state index contributed by atoms with van der Waals surface area (Å²) < 4.78 is 29.2. The molecule has 6 nitrogen and oxygen atoms in total. The van der Waals surface area contributed by atoms with E-state index in [-0.39, 0.29) is 21.0 Å². The molecule has 1 aromatic heterocycles. The Bertz CT molecular complexity index is 1240. The lowest BCUT2D eigenvalue weighted by Gasteiger charge is -2.24. The number of aromatic nitrogens is 2. The third-order valence-electron chi connectivity index (χ3n) is 5.23. The Kier molecular flexibility index (Phi) is 5.72. The highest BCUT2D eigenvalue weighted by molar-refractivity contribution is 7.89. The molecule has 0 N–H and O–H groups in total. The van der Waals surface area contributed by atoms with Crippen LogP contribution in [0.2, 0.25) is 10.0 Å². The predicted octanol–water partition coefficient (Wildman–Crippen LogP) is 4.37. The van der Waals surface area contributed by atoms with Gasteiger partial charge in [0, 0.05) is 6.54 Å². The number of rotatable bonds is 4. The number of aryl methyl sites for hydroxylation is 1. The smallest absolute Gasteiger partial charge is 0.266 e. The Morgan fingerprint density at radius 2 is 1.70 bits per heavy atom. The molecule has 2 aromatic carbocycles. The van der Waals surface area contributed by atoms with Crippen LogP contribution in [0.4, 0.5) is 0 Å². The molecule has 1 aliphatic rings. The molecule has 156 valence electrons. The van der Waals surface area contributed by atoms with E-state index in [2.05, 4.69) is 5.10 Å². The molecule has 1 aliphatic heterocycles. The molecule has 0 bridgehead atoms. The number of hydrogen-bond donors (Lipinski definition) is 0. The van der Waals surface area contributed by atoms with Gasteiger partial charge in [0.25, 0.3) is 5.56 Å². The molecule has 9 heteroatoms. The van der Waals surface area contributed by atoms with E-state index in [0.29, 0.717) is 12.2 Å². The summed E-state index contributed by atoms with van der Waals surface area (Å²) >= 11 is 11.7. The zero-order valence-electron chi connectivity index (χ0n) is 16.1. The monoisotopic (exact) mass is 463 g/mol. The maximum Gasteiger partial charge on any atom is 0.291 e. The van der Waals surface area contributed by atoms with Gasteiger partial charge in [-0.1, -0.05) is 53.0 Å². The van der Waals surface area contributed by atoms with Crippen LogP contribution in [0.15, 0.2) is 64.4 Å². The summed E-state index contributed by atoms with van der Waals surface area (Å²) in [4.78, 5) is 12.4. The van der Waals surface area contributed by atoms with Gasteiger partial charge in [0.1, 0.15) is 5.02 Å². The highest BCUT2D eigenvalue weighted by Gasteiger charge is 2.36. The fraction of sp³-hybridized carbons (Fsp3) is 0.238. The van der Waals surface area contributed by atoms with Crippen LogP contribution < -0.4 is 5.56 Å². The molecule has 0 spiro atoms. The number of sulfonamides is 1. The Morgan fingerprint density at radius 3 is 2.37 bits per heavy atom. The van der Waals surface area contributed by atoms with Crippen molar-refractivity contribution in [3.8, 4) is 5.69 Å². The minimum atomic E-state index is -3.69. The topological polar surface area (TPSA) is 72.3 Å². The van der Waals surface area contributed by atoms with Crippen LogP contribution in [-0.2, 0) is 10.0 Å². The van der Waals surface area contributed by atoms with Crippen LogP contribution in [0.3, 0.4) is 0 Å². The third kappa shape index (κ3) is 3.78. The highest BCUT2D eigenvalue weighted by atomic mass is 35.5. The van der Waals surface area contributed by atoms with Crippen LogP contribution in [0.25, 0.3) is 5.69 Å². The zero-order valence-corrected chi connectivity index (χ0v) is 18.5. The molecule has 4 rings (SSSR count). The molecular weight excluding hydrogens is 445 g/mol. The van der Waals surface area contributed by atoms with Crippen LogP contribution in [0.5, 0.6) is 0 Å². The minimum Gasteiger partial charge on any atom is -0.266 e. The second kappa shape index (κ2) is 8.15. The summed E-state index contributed by atoms with van der Waals surface area (Å²) in [5.41, 5.74) is 1.95. The maximum absolute atomic E-state index is 13.3. The average molecular weight is 464 g/mol. The Hall–Kier alpha value is -2.19. The molecule has 2 heterocycles. The first-order chi connectivity index (χ1) is 14.3. The lowest BCUT2D eigenvalue weighted by molar-refractivity contribution is 0.396. The van der Waals surface area contributed by atoms with E-state index in [0.717, 1.165) is 28.7 Å². The Morgan fingerprint density at radius 1 is 1.03 bits per heavy atom. The van der Waals surface area contributed by atoms with E-state index in [9.17, 15) is 13.2 Å². The fourth-order valence-corrected chi connectivity index (χ4v) is 5.58. The number of benzene rings is 2. The maximum atomic E-state index is 13.3. The largest absolute Gasteiger partial charge is 0.291 e. The van der Waals surface area contributed by atoms with Gasteiger partial charge in [-0.25, -0.2) is 8.42 Å². The van der Waals surface area contributed by atoms with E-state index in [1.165, 1.54) is 30.5 Å². The van der Waals surface area contributed by atoms with Gasteiger partial charge in [0.05, 0.1) is 27.8 Å². The van der Waals surface area contributed by atoms with Crippen LogP contribution >= 0.6 is 23.2 Å². The van der Waals surface area contributed by atoms with Crippen molar-refractivity contribution in [2.45, 2.75) is 30.7 Å². The van der Waals surface area contributed by atoms with Gasteiger partial charge in [-0.05, 0) is 49.6 Å². The molecule has 3 aromatic rings. The first-order valence-electron chi connectivity index (χ1n) is 9.41. The molecule has 0 amide bonds. The second-order valence-corrected chi connectivity index (χ2v) is 9.88. The van der Waals surface area contributed by atoms with E-state index in [4.69, 9.17) is 23.2 Å². The van der Waals surface area contributed by atoms with Crippen LogP contribution in [-0.4, -0.2) is 29.0 Å². The van der Waals surface area contributed by atoms with Crippen molar-refractivity contribution < 1.29 is 8.42 Å². The molecule has 1 saturated heterocycles. The normalized spacial score (nSPS) is 17.4. The van der Waals surface area contributed by atoms with Crippen LogP contribution in [0, 0.1) is 6.92 Å². The summed E-state index contributed by atoms with van der Waals surface area (Å²) in [6, 6.07) is 13.8. The lowest BCUT2D eigenvalue weighted by atomic mass is 10.0. The van der Waals surface area contributed by atoms with Gasteiger partial charge >= 0.3 is 0 Å². The van der Waals surface area contributed by atoms with Gasteiger partial charge in [-0.15, -0.1) is 0 Å². The molecule has 1 atom stereocenters. The number of nitrogens with zero attached hydrogens (tertiary/aromatic N) is 3. The van der Waals surface area contributed by atoms with Gasteiger partial charge < -0.3 is 0 Å². The van der Waals surface area contributed by atoms with E-state index in [1.807, 2.05) is 31.2 Å². The quantitative estimate of drug-likeness (QED) is 0.575. The molecule has 0 radical (unpaired) electrons. The van der Waals surface area contributed by atoms with Gasteiger partial charge in [-0.3, -0.25) is 4.79 Å². The van der Waals surface area contributed by atoms with Crippen molar-refractivity contribution in [2.75, 3.05) is 6.54 Å². The first kappa shape index (κ1) is 21.1. The van der Waals surface area contributed by atoms with Crippen LogP contribution in [0.1, 0.15) is 30.0 Å². The first-order valence-corrected chi connectivity index (χ1v) is 11.6. The molecule has 1 unspecified atom stereocenters. The standard InChI is InChI=1S/C21H19Cl2N3O3S/c1-14-4-6-15(7-5-14)19-3-2-12-25(19)30(28,29)17-10-8-16(9-11-17)26-21(27)20(23)18(22)13-24-26/h4-11,13,19H,2-3,12H2,1H3. The van der Waals surface area contributed by atoms with Gasteiger partial charge in [-0.2, -0.15) is 14.1 Å². The predicted molar refractivity (Wildman–Crippen MR) is 117 cm³/mol. The molecular formula is C21H19Cl2N3O3S. The summed E-state index contributed by atoms with van der Waals surface area (Å²) in [5.74, 6) is 0. The third-order valence-corrected chi connectivity index (χ3v) is 7.90. The van der Waals surface area contributed by atoms with E-state index < -0.39 is 15.6 Å². The second-order valence-electron chi connectivity index (χ2n) is 7.20. The lowest BCUT2D eigenvalue weighted by Crippen LogP contribution is -2.30. The van der Waals surface area contributed by atoms with Gasteiger partial charge in [0.2, 0.25) is 10.0 Å². The Labute approximate surface area is 184 Å². The van der Waals surface area contributed by atoms with Crippen molar-refractivity contribution in [2.24, 2.45) is 0 Å². The number of hydrogen-bond acceptors (Lipinski definition) is 4. The summed E-state index contributed by atoms with van der Waals surface area (Å²) in [6.45, 7) is 2.47. The summed E-state index contributed by atoms with van der Waals surface area (Å²) in [5, 5.41) is 3.89. The van der Waals surface area contributed by atoms with E-state index >= 15 is 0 Å². The van der Waals surface area contributed by atoms with Crippen molar-refractivity contribution in [3.63, 3.8) is 0 Å². The Balaban J connectivity index is 1.66. The molecule has 30 heavy (non-hydrogen) atoms. The van der Waals surface area contributed by atoms with Crippen molar-refractivity contribution >= 4 is 33.2 Å². The van der Waals surface area contributed by atoms with Crippen molar-refractivity contribution in [3.05, 3.63) is 86.3 Å².